The second kappa shape index (κ2) is 10.9. The van der Waals surface area contributed by atoms with Gasteiger partial charge in [0.1, 0.15) is 0 Å². The molecule has 0 saturated heterocycles. The average Bonchev–Trinajstić information content (AvgIpc) is 2.76. The van der Waals surface area contributed by atoms with Crippen LogP contribution in [0, 0.1) is 6.92 Å². The maximum atomic E-state index is 4.01. The van der Waals surface area contributed by atoms with Crippen molar-refractivity contribution in [2.24, 2.45) is 0 Å². The van der Waals surface area contributed by atoms with E-state index in [2.05, 4.69) is 104 Å². The molecule has 0 heterocycles. The van der Waals surface area contributed by atoms with E-state index in [1.54, 1.807) is 0 Å². The summed E-state index contributed by atoms with van der Waals surface area (Å²) in [5.41, 5.74) is 7.10. The molecule has 0 saturated carbocycles. The van der Waals surface area contributed by atoms with Crippen LogP contribution < -0.4 is 4.90 Å². The van der Waals surface area contributed by atoms with Crippen LogP contribution in [0.1, 0.15) is 32.8 Å². The Morgan fingerprint density at radius 3 is 1.79 bits per heavy atom. The molecule has 1 heteroatoms. The minimum Gasteiger partial charge on any atom is -0.311 e. The smallest absolute Gasteiger partial charge is 0.0461 e. The lowest BCUT2D eigenvalue weighted by atomic mass is 10.0. The predicted molar refractivity (Wildman–Crippen MR) is 125 cm³/mol. The van der Waals surface area contributed by atoms with E-state index in [9.17, 15) is 0 Å². The molecule has 1 nitrogen and oxygen atoms in total. The molecule has 0 N–H and O–H groups in total. The van der Waals surface area contributed by atoms with E-state index in [4.69, 9.17) is 0 Å². The summed E-state index contributed by atoms with van der Waals surface area (Å²) in [7, 11) is 0. The Bertz CT molecular complexity index is 872. The predicted octanol–water partition coefficient (Wildman–Crippen LogP) is 8.31. The molecule has 3 aromatic carbocycles. The van der Waals surface area contributed by atoms with Crippen LogP contribution in [0.5, 0.6) is 0 Å². The van der Waals surface area contributed by atoms with Gasteiger partial charge in [-0.1, -0.05) is 93.6 Å². The Labute approximate surface area is 170 Å². The van der Waals surface area contributed by atoms with Crippen molar-refractivity contribution in [3.8, 4) is 11.1 Å². The molecule has 0 bridgehead atoms. The number of anilines is 2. The highest BCUT2D eigenvalue weighted by molar-refractivity contribution is 5.73. The maximum Gasteiger partial charge on any atom is 0.0461 e. The van der Waals surface area contributed by atoms with Crippen LogP contribution in [0.2, 0.25) is 0 Å². The van der Waals surface area contributed by atoms with Crippen LogP contribution in [-0.4, -0.2) is 0 Å². The first-order valence-corrected chi connectivity index (χ1v) is 10.1. The lowest BCUT2D eigenvalue weighted by Crippen LogP contribution is -2.14. The number of benzene rings is 3. The van der Waals surface area contributed by atoms with Crippen molar-refractivity contribution < 1.29 is 0 Å². The van der Waals surface area contributed by atoms with Crippen molar-refractivity contribution in [3.05, 3.63) is 109 Å². The number of allylic oxidation sites excluding steroid dienone is 2. The van der Waals surface area contributed by atoms with Crippen LogP contribution in [0.3, 0.4) is 0 Å². The average molecular weight is 370 g/mol. The van der Waals surface area contributed by atoms with E-state index >= 15 is 0 Å². The van der Waals surface area contributed by atoms with E-state index in [0.29, 0.717) is 0 Å². The summed E-state index contributed by atoms with van der Waals surface area (Å²) in [5.74, 6) is 0. The van der Waals surface area contributed by atoms with E-state index < -0.39 is 0 Å². The summed E-state index contributed by atoms with van der Waals surface area (Å²) in [5, 5.41) is 0. The molecule has 0 aromatic heterocycles. The fourth-order valence-electron chi connectivity index (χ4n) is 3.05. The molecule has 0 fully saturated rings. The lowest BCUT2D eigenvalue weighted by molar-refractivity contribution is 1.14. The highest BCUT2D eigenvalue weighted by atomic mass is 15.1. The van der Waals surface area contributed by atoms with Gasteiger partial charge >= 0.3 is 0 Å². The minimum absolute atomic E-state index is 0.964. The largest absolute Gasteiger partial charge is 0.311 e. The number of rotatable bonds is 6. The molecule has 0 radical (unpaired) electrons. The molecular weight excluding hydrogens is 338 g/mol. The summed E-state index contributed by atoms with van der Waals surface area (Å²) in [6, 6.07) is 27.8. The Morgan fingerprint density at radius 2 is 1.29 bits per heavy atom. The van der Waals surface area contributed by atoms with E-state index in [1.807, 2.05) is 26.0 Å². The molecule has 0 aliphatic heterocycles. The molecule has 0 unspecified atom stereocenters. The summed E-state index contributed by atoms with van der Waals surface area (Å²) in [6.45, 7) is 12.3. The maximum absolute atomic E-state index is 4.01. The number of nitrogens with zero attached hydrogens (tertiary/aromatic N) is 1. The third kappa shape index (κ3) is 5.23. The van der Waals surface area contributed by atoms with Crippen LogP contribution in [0.4, 0.5) is 11.4 Å². The van der Waals surface area contributed by atoms with Gasteiger partial charge in [0, 0.05) is 17.1 Å². The van der Waals surface area contributed by atoms with Gasteiger partial charge in [-0.05, 0) is 54.8 Å². The highest BCUT2D eigenvalue weighted by Crippen LogP contribution is 2.32. The van der Waals surface area contributed by atoms with E-state index in [-0.39, 0.29) is 0 Å². The Kier molecular flexibility index (Phi) is 8.30. The Morgan fingerprint density at radius 1 is 0.786 bits per heavy atom. The number of aryl methyl sites for hydroxylation is 1. The molecule has 0 spiro atoms. The van der Waals surface area contributed by atoms with Crippen LogP contribution >= 0.6 is 0 Å². The van der Waals surface area contributed by atoms with Gasteiger partial charge < -0.3 is 4.90 Å². The van der Waals surface area contributed by atoms with Crippen LogP contribution in [0.15, 0.2) is 103 Å². The van der Waals surface area contributed by atoms with Crippen molar-refractivity contribution in [3.63, 3.8) is 0 Å². The van der Waals surface area contributed by atoms with Crippen LogP contribution in [0.25, 0.3) is 11.1 Å². The fourth-order valence-corrected chi connectivity index (χ4v) is 3.05. The molecule has 0 aliphatic carbocycles. The second-order valence-corrected chi connectivity index (χ2v) is 6.33. The SMILES string of the molecule is C=C/C(=C\CC)N(c1ccccc1)c1ccc(-c2ccc(C)cc2)cc1.CC. The second-order valence-electron chi connectivity index (χ2n) is 6.33. The summed E-state index contributed by atoms with van der Waals surface area (Å²) >= 11 is 0. The van der Waals surface area contributed by atoms with Gasteiger partial charge in [-0.2, -0.15) is 0 Å². The van der Waals surface area contributed by atoms with E-state index in [0.717, 1.165) is 23.5 Å². The van der Waals surface area contributed by atoms with Crippen molar-refractivity contribution in [1.82, 2.24) is 0 Å². The summed E-state index contributed by atoms with van der Waals surface area (Å²) < 4.78 is 0. The summed E-state index contributed by atoms with van der Waals surface area (Å²) in [4.78, 5) is 2.25. The topological polar surface area (TPSA) is 3.24 Å². The van der Waals surface area contributed by atoms with Gasteiger partial charge in [-0.3, -0.25) is 0 Å². The van der Waals surface area contributed by atoms with Crippen LogP contribution in [-0.2, 0) is 0 Å². The zero-order valence-electron chi connectivity index (χ0n) is 17.5. The Hall–Kier alpha value is -3.06. The third-order valence-electron chi connectivity index (χ3n) is 4.41. The fraction of sp³-hybridized carbons (Fsp3) is 0.185. The Balaban J connectivity index is 0.00000136. The van der Waals surface area contributed by atoms with Gasteiger partial charge in [0.05, 0.1) is 0 Å². The quantitative estimate of drug-likeness (QED) is 0.395. The molecule has 0 aliphatic rings. The zero-order chi connectivity index (χ0) is 20.4. The number of hydrogen-bond acceptors (Lipinski definition) is 1. The zero-order valence-corrected chi connectivity index (χ0v) is 17.5. The van der Waals surface area contributed by atoms with Gasteiger partial charge in [-0.25, -0.2) is 0 Å². The first kappa shape index (κ1) is 21.2. The van der Waals surface area contributed by atoms with Crippen molar-refractivity contribution in [1.29, 1.82) is 0 Å². The van der Waals surface area contributed by atoms with Crippen molar-refractivity contribution in [2.45, 2.75) is 34.1 Å². The molecule has 0 atom stereocenters. The van der Waals surface area contributed by atoms with Crippen molar-refractivity contribution >= 4 is 11.4 Å². The molecule has 144 valence electrons. The summed E-state index contributed by atoms with van der Waals surface area (Å²) in [6.07, 6.45) is 5.09. The molecular formula is C27H31N. The highest BCUT2D eigenvalue weighted by Gasteiger charge is 2.12. The first-order chi connectivity index (χ1) is 13.7. The van der Waals surface area contributed by atoms with Gasteiger partial charge in [-0.15, -0.1) is 0 Å². The molecule has 3 aromatic rings. The standard InChI is InChI=1S/C25H25N.C2H6/c1-4-9-23(5-2)26(24-10-7-6-8-11-24)25-18-16-22(17-19-25)21-14-12-20(3)13-15-21;1-2/h5-19H,2,4H2,1,3H3;1-2H3/b23-9+;. The minimum atomic E-state index is 0.964. The number of para-hydroxylation sites is 1. The normalized spacial score (nSPS) is 10.6. The number of hydrogen-bond donors (Lipinski definition) is 0. The lowest BCUT2D eigenvalue weighted by Gasteiger charge is -2.26. The van der Waals surface area contributed by atoms with E-state index in [1.165, 1.54) is 16.7 Å². The van der Waals surface area contributed by atoms with Gasteiger partial charge in [0.2, 0.25) is 0 Å². The monoisotopic (exact) mass is 369 g/mol. The molecule has 0 amide bonds. The molecule has 28 heavy (non-hydrogen) atoms. The molecule has 3 rings (SSSR count). The van der Waals surface area contributed by atoms with Crippen molar-refractivity contribution in [2.75, 3.05) is 4.90 Å². The first-order valence-electron chi connectivity index (χ1n) is 10.1. The van der Waals surface area contributed by atoms with Gasteiger partial charge in [0.15, 0.2) is 0 Å². The third-order valence-corrected chi connectivity index (χ3v) is 4.41. The van der Waals surface area contributed by atoms with Gasteiger partial charge in [0.25, 0.3) is 0 Å².